The number of carbonyl (C=O) groups excluding carboxylic acids is 2. The molecule has 0 saturated carbocycles. The van der Waals surface area contributed by atoms with Crippen molar-refractivity contribution in [3.63, 3.8) is 0 Å². The van der Waals surface area contributed by atoms with Crippen LogP contribution in [-0.2, 0) is 4.79 Å². The van der Waals surface area contributed by atoms with Crippen LogP contribution >= 0.6 is 0 Å². The molecule has 1 aromatic heterocycles. The molecule has 1 saturated heterocycles. The number of rotatable bonds is 5. The van der Waals surface area contributed by atoms with Gasteiger partial charge in [-0.25, -0.2) is 4.98 Å². The van der Waals surface area contributed by atoms with E-state index in [9.17, 15) is 9.59 Å². The van der Waals surface area contributed by atoms with Crippen LogP contribution in [0.1, 0.15) is 22.5 Å². The van der Waals surface area contributed by atoms with Gasteiger partial charge in [-0.1, -0.05) is 42.0 Å². The summed E-state index contributed by atoms with van der Waals surface area (Å²) >= 11 is 0. The van der Waals surface area contributed by atoms with Crippen LogP contribution in [0.4, 0.5) is 0 Å². The molecule has 2 atom stereocenters. The lowest BCUT2D eigenvalue weighted by molar-refractivity contribution is -0.121. The van der Waals surface area contributed by atoms with Crippen LogP contribution in [0.15, 0.2) is 65.4 Å². The number of ether oxygens (including phenoxy) is 1. The van der Waals surface area contributed by atoms with E-state index >= 15 is 0 Å². The van der Waals surface area contributed by atoms with Gasteiger partial charge in [0.1, 0.15) is 17.9 Å². The van der Waals surface area contributed by atoms with Crippen LogP contribution in [0.25, 0.3) is 11.3 Å². The molecular weight excluding hydrogens is 370 g/mol. The first-order chi connectivity index (χ1) is 14.0. The first-order valence-electron chi connectivity index (χ1n) is 9.35. The van der Waals surface area contributed by atoms with E-state index in [1.54, 1.807) is 0 Å². The van der Waals surface area contributed by atoms with E-state index in [-0.39, 0.29) is 18.3 Å². The summed E-state index contributed by atoms with van der Waals surface area (Å²) in [6.07, 6.45) is 1.22. The van der Waals surface area contributed by atoms with Gasteiger partial charge in [-0.3, -0.25) is 9.59 Å². The highest BCUT2D eigenvalue weighted by Crippen LogP contribution is 2.29. The van der Waals surface area contributed by atoms with Gasteiger partial charge in [-0.2, -0.15) is 0 Å². The summed E-state index contributed by atoms with van der Waals surface area (Å²) in [6, 6.07) is 16.1. The number of hydrogen-bond donors (Lipinski definition) is 1. The Labute approximate surface area is 168 Å². The van der Waals surface area contributed by atoms with Crippen molar-refractivity contribution >= 4 is 11.8 Å². The van der Waals surface area contributed by atoms with Crippen molar-refractivity contribution in [2.24, 2.45) is 5.73 Å². The number of benzene rings is 2. The van der Waals surface area contributed by atoms with Gasteiger partial charge in [-0.05, 0) is 25.1 Å². The highest BCUT2D eigenvalue weighted by Gasteiger charge is 2.41. The fourth-order valence-corrected chi connectivity index (χ4v) is 3.59. The monoisotopic (exact) mass is 391 g/mol. The highest BCUT2D eigenvalue weighted by atomic mass is 16.5. The fourth-order valence-electron chi connectivity index (χ4n) is 3.59. The first-order valence-corrected chi connectivity index (χ1v) is 9.35. The minimum Gasteiger partial charge on any atom is -0.488 e. The zero-order chi connectivity index (χ0) is 20.4. The lowest BCUT2D eigenvalue weighted by Gasteiger charge is -2.21. The Morgan fingerprint density at radius 3 is 2.69 bits per heavy atom. The molecule has 4 rings (SSSR count). The third-order valence-corrected chi connectivity index (χ3v) is 4.95. The number of para-hydroxylation sites is 1. The van der Waals surface area contributed by atoms with E-state index in [0.717, 1.165) is 11.1 Å². The van der Waals surface area contributed by atoms with Gasteiger partial charge in [0.2, 0.25) is 5.91 Å². The molecule has 0 aliphatic carbocycles. The van der Waals surface area contributed by atoms with Crippen LogP contribution in [0.2, 0.25) is 0 Å². The van der Waals surface area contributed by atoms with Crippen molar-refractivity contribution in [2.45, 2.75) is 25.5 Å². The van der Waals surface area contributed by atoms with Crippen molar-refractivity contribution in [1.29, 1.82) is 0 Å². The number of amides is 2. The standard InChI is InChI=1S/C22H21N3O4/c1-14-6-5-7-15(10-14)20-19(24-13-28-20)22(27)25-12-17(11-18(25)21(23)26)29-16-8-3-2-4-9-16/h2-10,13,17-18H,11-12H2,1H3,(H2,23,26)/t17-,18-/m0/s1. The third kappa shape index (κ3) is 3.85. The van der Waals surface area contributed by atoms with Gasteiger partial charge >= 0.3 is 0 Å². The van der Waals surface area contributed by atoms with E-state index in [1.807, 2.05) is 61.5 Å². The minimum absolute atomic E-state index is 0.155. The van der Waals surface area contributed by atoms with Gasteiger partial charge in [0.15, 0.2) is 17.8 Å². The van der Waals surface area contributed by atoms with Gasteiger partial charge in [0.05, 0.1) is 6.54 Å². The number of nitrogens with zero attached hydrogens (tertiary/aromatic N) is 2. The Kier molecular flexibility index (Phi) is 5.03. The number of hydrogen-bond acceptors (Lipinski definition) is 5. The lowest BCUT2D eigenvalue weighted by atomic mass is 10.1. The van der Waals surface area contributed by atoms with Crippen LogP contribution < -0.4 is 10.5 Å². The maximum absolute atomic E-state index is 13.2. The molecule has 148 valence electrons. The molecule has 0 radical (unpaired) electrons. The summed E-state index contributed by atoms with van der Waals surface area (Å²) in [5.74, 6) is 0.0718. The zero-order valence-corrected chi connectivity index (χ0v) is 15.9. The molecule has 2 amide bonds. The second kappa shape index (κ2) is 7.79. The Balaban J connectivity index is 1.59. The Morgan fingerprint density at radius 2 is 1.97 bits per heavy atom. The average molecular weight is 391 g/mol. The number of likely N-dealkylation sites (tertiary alicyclic amines) is 1. The summed E-state index contributed by atoms with van der Waals surface area (Å²) in [7, 11) is 0. The molecule has 0 spiro atoms. The molecular formula is C22H21N3O4. The smallest absolute Gasteiger partial charge is 0.277 e. The molecule has 7 heteroatoms. The summed E-state index contributed by atoms with van der Waals surface area (Å²) < 4.78 is 11.4. The SMILES string of the molecule is Cc1cccc(-c2ocnc2C(=O)N2C[C@@H](Oc3ccccc3)C[C@H]2C(N)=O)c1. The van der Waals surface area contributed by atoms with Crippen molar-refractivity contribution < 1.29 is 18.7 Å². The fraction of sp³-hybridized carbons (Fsp3) is 0.227. The topological polar surface area (TPSA) is 98.7 Å². The van der Waals surface area contributed by atoms with E-state index < -0.39 is 17.9 Å². The maximum Gasteiger partial charge on any atom is 0.277 e. The van der Waals surface area contributed by atoms with Gasteiger partial charge in [0, 0.05) is 12.0 Å². The van der Waals surface area contributed by atoms with Crippen molar-refractivity contribution in [1.82, 2.24) is 9.88 Å². The molecule has 2 N–H and O–H groups in total. The maximum atomic E-state index is 13.2. The molecule has 0 unspecified atom stereocenters. The Hall–Kier alpha value is -3.61. The van der Waals surface area contributed by atoms with Crippen LogP contribution in [0.3, 0.4) is 0 Å². The van der Waals surface area contributed by atoms with E-state index in [4.69, 9.17) is 14.9 Å². The highest BCUT2D eigenvalue weighted by molar-refractivity contribution is 6.00. The molecule has 3 aromatic rings. The molecule has 2 aromatic carbocycles. The second-order valence-corrected chi connectivity index (χ2v) is 7.06. The lowest BCUT2D eigenvalue weighted by Crippen LogP contribution is -2.44. The van der Waals surface area contributed by atoms with Gasteiger partial charge in [0.25, 0.3) is 5.91 Å². The number of oxazole rings is 1. The van der Waals surface area contributed by atoms with Crippen molar-refractivity contribution in [3.05, 3.63) is 72.2 Å². The Bertz CT molecular complexity index is 1030. The summed E-state index contributed by atoms with van der Waals surface area (Å²) in [5, 5.41) is 0. The van der Waals surface area contributed by atoms with Gasteiger partial charge in [-0.15, -0.1) is 0 Å². The van der Waals surface area contributed by atoms with Crippen LogP contribution in [0, 0.1) is 6.92 Å². The summed E-state index contributed by atoms with van der Waals surface area (Å²) in [4.78, 5) is 30.8. The number of aryl methyl sites for hydroxylation is 1. The predicted molar refractivity (Wildman–Crippen MR) is 106 cm³/mol. The minimum atomic E-state index is -0.765. The van der Waals surface area contributed by atoms with Crippen LogP contribution in [-0.4, -0.2) is 40.4 Å². The molecule has 29 heavy (non-hydrogen) atoms. The second-order valence-electron chi connectivity index (χ2n) is 7.06. The van der Waals surface area contributed by atoms with Crippen LogP contribution in [0.5, 0.6) is 5.75 Å². The van der Waals surface area contributed by atoms with Crippen molar-refractivity contribution in [3.8, 4) is 17.1 Å². The largest absolute Gasteiger partial charge is 0.488 e. The normalized spacial score (nSPS) is 18.6. The predicted octanol–water partition coefficient (Wildman–Crippen LogP) is 2.80. The zero-order valence-electron chi connectivity index (χ0n) is 15.9. The molecule has 2 heterocycles. The molecule has 1 fully saturated rings. The van der Waals surface area contributed by atoms with E-state index in [0.29, 0.717) is 17.9 Å². The third-order valence-electron chi connectivity index (χ3n) is 4.95. The number of primary amides is 1. The Morgan fingerprint density at radius 1 is 1.17 bits per heavy atom. The quantitative estimate of drug-likeness (QED) is 0.721. The van der Waals surface area contributed by atoms with Crippen molar-refractivity contribution in [2.75, 3.05) is 6.54 Å². The summed E-state index contributed by atoms with van der Waals surface area (Å²) in [5.41, 5.74) is 7.51. The summed E-state index contributed by atoms with van der Waals surface area (Å²) in [6.45, 7) is 2.19. The molecule has 0 bridgehead atoms. The molecule has 7 nitrogen and oxygen atoms in total. The van der Waals surface area contributed by atoms with Gasteiger partial charge < -0.3 is 19.8 Å². The number of aromatic nitrogens is 1. The number of nitrogens with two attached hydrogens (primary N) is 1. The first kappa shape index (κ1) is 18.7. The molecule has 1 aliphatic heterocycles. The average Bonchev–Trinajstić information content (AvgIpc) is 3.36. The van der Waals surface area contributed by atoms with E-state index in [1.165, 1.54) is 11.3 Å². The number of carbonyl (C=O) groups is 2. The van der Waals surface area contributed by atoms with E-state index in [2.05, 4.69) is 4.98 Å². The molecule has 1 aliphatic rings.